The van der Waals surface area contributed by atoms with Crippen LogP contribution in [0.25, 0.3) is 0 Å². The van der Waals surface area contributed by atoms with Gasteiger partial charge in [-0.25, -0.2) is 0 Å². The molecule has 1 atom stereocenters. The topological polar surface area (TPSA) is 20.3 Å². The van der Waals surface area contributed by atoms with Crippen LogP contribution in [0.5, 0.6) is 0 Å². The van der Waals surface area contributed by atoms with Crippen LogP contribution in [0, 0.1) is 5.92 Å². The summed E-state index contributed by atoms with van der Waals surface area (Å²) in [6.45, 7) is 5.15. The summed E-state index contributed by atoms with van der Waals surface area (Å²) in [5, 5.41) is 0. The normalized spacial score (nSPS) is 12.2. The maximum absolute atomic E-state index is 12.0. The van der Waals surface area contributed by atoms with Gasteiger partial charge in [-0.05, 0) is 23.6 Å². The van der Waals surface area contributed by atoms with Gasteiger partial charge in [0.15, 0.2) is 0 Å². The fourth-order valence-corrected chi connectivity index (χ4v) is 1.77. The Labute approximate surface area is 109 Å². The Balaban J connectivity index is 2.51. The van der Waals surface area contributed by atoms with Crippen LogP contribution in [0.2, 0.25) is 0 Å². The standard InChI is InChI=1S/C14H21NOS/c1-4-11(2)10-15(3)14(16)9-12-5-7-13(17)8-6-12/h5-8,11,17H,4,9-10H2,1-3H3. The van der Waals surface area contributed by atoms with Crippen LogP contribution in [0.1, 0.15) is 25.8 Å². The van der Waals surface area contributed by atoms with E-state index >= 15 is 0 Å². The predicted octanol–water partition coefficient (Wildman–Crippen LogP) is 3.02. The number of hydrogen-bond acceptors (Lipinski definition) is 2. The first-order valence-corrected chi connectivity index (χ1v) is 6.49. The van der Waals surface area contributed by atoms with E-state index in [2.05, 4.69) is 26.5 Å². The van der Waals surface area contributed by atoms with Gasteiger partial charge in [-0.2, -0.15) is 0 Å². The fourth-order valence-electron chi connectivity index (χ4n) is 1.62. The predicted molar refractivity (Wildman–Crippen MR) is 74.5 cm³/mol. The zero-order chi connectivity index (χ0) is 12.8. The lowest BCUT2D eigenvalue weighted by Gasteiger charge is -2.20. The van der Waals surface area contributed by atoms with Gasteiger partial charge in [0.2, 0.25) is 5.91 Å². The molecule has 0 aromatic heterocycles. The van der Waals surface area contributed by atoms with E-state index in [9.17, 15) is 4.79 Å². The second-order valence-corrected chi connectivity index (χ2v) is 5.15. The molecule has 1 rings (SSSR count). The summed E-state index contributed by atoms with van der Waals surface area (Å²) < 4.78 is 0. The fraction of sp³-hybridized carbons (Fsp3) is 0.500. The van der Waals surface area contributed by atoms with Crippen molar-refractivity contribution in [3.63, 3.8) is 0 Å². The first kappa shape index (κ1) is 14.1. The summed E-state index contributed by atoms with van der Waals surface area (Å²) >= 11 is 4.23. The van der Waals surface area contributed by atoms with Crippen LogP contribution in [0.4, 0.5) is 0 Å². The van der Waals surface area contributed by atoms with Crippen molar-refractivity contribution in [2.75, 3.05) is 13.6 Å². The van der Waals surface area contributed by atoms with Gasteiger partial charge in [0.25, 0.3) is 0 Å². The number of carbonyl (C=O) groups excluding carboxylic acids is 1. The van der Waals surface area contributed by atoms with Gasteiger partial charge in [0, 0.05) is 18.5 Å². The molecule has 17 heavy (non-hydrogen) atoms. The third kappa shape index (κ3) is 4.82. The number of thiol groups is 1. The van der Waals surface area contributed by atoms with E-state index in [0.717, 1.165) is 23.4 Å². The Morgan fingerprint density at radius 1 is 1.35 bits per heavy atom. The van der Waals surface area contributed by atoms with Crippen molar-refractivity contribution in [2.24, 2.45) is 5.92 Å². The minimum absolute atomic E-state index is 0.178. The lowest BCUT2D eigenvalue weighted by Crippen LogP contribution is -2.32. The maximum atomic E-state index is 12.0. The molecule has 0 aliphatic carbocycles. The summed E-state index contributed by atoms with van der Waals surface area (Å²) in [7, 11) is 1.88. The Morgan fingerprint density at radius 3 is 2.47 bits per heavy atom. The summed E-state index contributed by atoms with van der Waals surface area (Å²) in [6.07, 6.45) is 1.58. The summed E-state index contributed by atoms with van der Waals surface area (Å²) in [5.41, 5.74) is 1.05. The highest BCUT2D eigenvalue weighted by Crippen LogP contribution is 2.10. The zero-order valence-corrected chi connectivity index (χ0v) is 11.7. The second kappa shape index (κ2) is 6.70. The van der Waals surface area contributed by atoms with Crippen molar-refractivity contribution in [1.29, 1.82) is 0 Å². The number of carbonyl (C=O) groups is 1. The average molecular weight is 251 g/mol. The number of rotatable bonds is 5. The SMILES string of the molecule is CCC(C)CN(C)C(=O)Cc1ccc(S)cc1. The lowest BCUT2D eigenvalue weighted by atomic mass is 10.1. The molecule has 1 amide bonds. The molecule has 1 aromatic rings. The van der Waals surface area contributed by atoms with Gasteiger partial charge in [0.05, 0.1) is 6.42 Å². The van der Waals surface area contributed by atoms with E-state index in [1.165, 1.54) is 0 Å². The molecule has 1 aromatic carbocycles. The monoisotopic (exact) mass is 251 g/mol. The van der Waals surface area contributed by atoms with Crippen molar-refractivity contribution >= 4 is 18.5 Å². The molecule has 94 valence electrons. The van der Waals surface area contributed by atoms with Crippen molar-refractivity contribution in [1.82, 2.24) is 4.90 Å². The number of nitrogens with zero attached hydrogens (tertiary/aromatic N) is 1. The molecule has 0 N–H and O–H groups in total. The number of amides is 1. The van der Waals surface area contributed by atoms with Gasteiger partial charge >= 0.3 is 0 Å². The van der Waals surface area contributed by atoms with Crippen LogP contribution in [0.15, 0.2) is 29.2 Å². The maximum Gasteiger partial charge on any atom is 0.226 e. The van der Waals surface area contributed by atoms with E-state index in [4.69, 9.17) is 0 Å². The van der Waals surface area contributed by atoms with E-state index in [1.54, 1.807) is 0 Å². The van der Waals surface area contributed by atoms with Crippen LogP contribution in [0.3, 0.4) is 0 Å². The number of hydrogen-bond donors (Lipinski definition) is 1. The third-order valence-electron chi connectivity index (χ3n) is 3.00. The highest BCUT2D eigenvalue weighted by molar-refractivity contribution is 7.80. The van der Waals surface area contributed by atoms with Gasteiger partial charge in [-0.15, -0.1) is 12.6 Å². The molecule has 2 nitrogen and oxygen atoms in total. The Bertz CT molecular complexity index is 361. The first-order chi connectivity index (χ1) is 8.02. The molecule has 0 aliphatic heterocycles. The van der Waals surface area contributed by atoms with E-state index in [-0.39, 0.29) is 5.91 Å². The van der Waals surface area contributed by atoms with Crippen molar-refractivity contribution in [2.45, 2.75) is 31.6 Å². The Hall–Kier alpha value is -0.960. The minimum Gasteiger partial charge on any atom is -0.345 e. The largest absolute Gasteiger partial charge is 0.345 e. The Morgan fingerprint density at radius 2 is 1.94 bits per heavy atom. The average Bonchev–Trinajstić information content (AvgIpc) is 2.31. The summed E-state index contributed by atoms with van der Waals surface area (Å²) in [5.74, 6) is 0.737. The van der Waals surface area contributed by atoms with Gasteiger partial charge in [0.1, 0.15) is 0 Å². The van der Waals surface area contributed by atoms with Crippen molar-refractivity contribution in [3.8, 4) is 0 Å². The molecule has 0 aliphatic rings. The van der Waals surface area contributed by atoms with Crippen LogP contribution in [-0.2, 0) is 11.2 Å². The number of benzene rings is 1. The van der Waals surface area contributed by atoms with Crippen molar-refractivity contribution in [3.05, 3.63) is 29.8 Å². The van der Waals surface area contributed by atoms with E-state index in [0.29, 0.717) is 12.3 Å². The molecule has 0 fully saturated rings. The quantitative estimate of drug-likeness (QED) is 0.798. The summed E-state index contributed by atoms with van der Waals surface area (Å²) in [4.78, 5) is 14.7. The van der Waals surface area contributed by atoms with Gasteiger partial charge in [-0.3, -0.25) is 4.79 Å². The van der Waals surface area contributed by atoms with E-state index in [1.807, 2.05) is 36.2 Å². The molecule has 0 radical (unpaired) electrons. The lowest BCUT2D eigenvalue weighted by molar-refractivity contribution is -0.129. The molecule has 3 heteroatoms. The first-order valence-electron chi connectivity index (χ1n) is 6.04. The zero-order valence-electron chi connectivity index (χ0n) is 10.8. The molecule has 0 spiro atoms. The molecular weight excluding hydrogens is 230 g/mol. The van der Waals surface area contributed by atoms with Crippen LogP contribution in [-0.4, -0.2) is 24.4 Å². The molecule has 0 saturated carbocycles. The minimum atomic E-state index is 0.178. The second-order valence-electron chi connectivity index (χ2n) is 4.63. The summed E-state index contributed by atoms with van der Waals surface area (Å²) in [6, 6.07) is 7.75. The Kier molecular flexibility index (Phi) is 5.56. The van der Waals surface area contributed by atoms with Crippen LogP contribution < -0.4 is 0 Å². The third-order valence-corrected chi connectivity index (χ3v) is 3.30. The molecule has 1 unspecified atom stereocenters. The molecule has 0 heterocycles. The molecule has 0 saturated heterocycles. The van der Waals surface area contributed by atoms with Crippen molar-refractivity contribution < 1.29 is 4.79 Å². The van der Waals surface area contributed by atoms with Gasteiger partial charge in [-0.1, -0.05) is 32.4 Å². The number of likely N-dealkylation sites (N-methyl/N-ethyl adjacent to an activating group) is 1. The van der Waals surface area contributed by atoms with Gasteiger partial charge < -0.3 is 4.90 Å². The molecule has 0 bridgehead atoms. The highest BCUT2D eigenvalue weighted by Gasteiger charge is 2.11. The smallest absolute Gasteiger partial charge is 0.226 e. The van der Waals surface area contributed by atoms with E-state index < -0.39 is 0 Å². The van der Waals surface area contributed by atoms with Crippen LogP contribution >= 0.6 is 12.6 Å². The highest BCUT2D eigenvalue weighted by atomic mass is 32.1. The molecular formula is C14H21NOS.